The molecule has 6 nitrogen and oxygen atoms in total. The van der Waals surface area contributed by atoms with Crippen molar-refractivity contribution < 1.29 is 8.83 Å². The van der Waals surface area contributed by atoms with Crippen LogP contribution in [0, 0.1) is 34.0 Å². The minimum Gasteiger partial charge on any atom is -0.456 e. The second-order valence-electron chi connectivity index (χ2n) is 11.4. The van der Waals surface area contributed by atoms with E-state index in [4.69, 9.17) is 13.8 Å². The molecule has 6 aromatic carbocycles. The number of hydrogen-bond acceptors (Lipinski definition) is 7. The monoisotopic (exact) mass is 618 g/mol. The molecule has 0 fully saturated rings. The molecule has 0 saturated carbocycles. The van der Waals surface area contributed by atoms with Crippen LogP contribution in [0.3, 0.4) is 0 Å². The van der Waals surface area contributed by atoms with Gasteiger partial charge < -0.3 is 8.83 Å². The molecule has 3 aromatic heterocycles. The van der Waals surface area contributed by atoms with Crippen LogP contribution in [0.15, 0.2) is 118 Å². The van der Waals surface area contributed by atoms with E-state index in [1.54, 1.807) is 41.7 Å². The molecule has 9 aromatic rings. The summed E-state index contributed by atoms with van der Waals surface area (Å²) in [5.41, 5.74) is 10.3. The molecule has 47 heavy (non-hydrogen) atoms. The molecular formula is C40H18N4O2S. The van der Waals surface area contributed by atoms with Crippen molar-refractivity contribution in [1.82, 2.24) is 4.98 Å². The Labute approximate surface area is 271 Å². The van der Waals surface area contributed by atoms with Gasteiger partial charge >= 0.3 is 0 Å². The van der Waals surface area contributed by atoms with E-state index in [0.29, 0.717) is 27.9 Å². The van der Waals surface area contributed by atoms with E-state index < -0.39 is 0 Å². The Morgan fingerprint density at radius 1 is 0.447 bits per heavy atom. The third-order valence-electron chi connectivity index (χ3n) is 8.57. The van der Waals surface area contributed by atoms with Crippen LogP contribution in [0.2, 0.25) is 0 Å². The maximum Gasteiger partial charge on any atom is 0.136 e. The number of benzene rings is 6. The quantitative estimate of drug-likeness (QED) is 0.195. The Kier molecular flexibility index (Phi) is 5.76. The zero-order chi connectivity index (χ0) is 31.6. The summed E-state index contributed by atoms with van der Waals surface area (Å²) in [6, 6.07) is 41.9. The van der Waals surface area contributed by atoms with Gasteiger partial charge in [-0.1, -0.05) is 12.1 Å². The van der Waals surface area contributed by atoms with Gasteiger partial charge in [-0.15, -0.1) is 11.3 Å². The van der Waals surface area contributed by atoms with Gasteiger partial charge in [-0.25, -0.2) is 4.98 Å². The second kappa shape index (κ2) is 10.2. The van der Waals surface area contributed by atoms with Crippen LogP contribution in [-0.4, -0.2) is 4.98 Å². The summed E-state index contributed by atoms with van der Waals surface area (Å²) in [6.07, 6.45) is 0. The Bertz CT molecular complexity index is 2760. The summed E-state index contributed by atoms with van der Waals surface area (Å²) in [5.74, 6) is 0. The molecule has 0 atom stereocenters. The van der Waals surface area contributed by atoms with E-state index in [9.17, 15) is 15.8 Å². The van der Waals surface area contributed by atoms with Crippen LogP contribution in [0.4, 0.5) is 0 Å². The van der Waals surface area contributed by atoms with Gasteiger partial charge in [0.25, 0.3) is 0 Å². The number of nitriles is 3. The lowest BCUT2D eigenvalue weighted by Gasteiger charge is -2.10. The molecular weight excluding hydrogens is 601 g/mol. The van der Waals surface area contributed by atoms with Crippen molar-refractivity contribution in [1.29, 1.82) is 15.8 Å². The number of nitrogens with zero attached hydrogens (tertiary/aromatic N) is 4. The topological polar surface area (TPSA) is 111 Å². The van der Waals surface area contributed by atoms with E-state index in [0.717, 1.165) is 75.8 Å². The molecule has 0 spiro atoms. The molecule has 0 aliphatic carbocycles. The van der Waals surface area contributed by atoms with Gasteiger partial charge in [-0.3, -0.25) is 0 Å². The number of aromatic nitrogens is 1. The Balaban J connectivity index is 1.23. The van der Waals surface area contributed by atoms with E-state index in [-0.39, 0.29) is 0 Å². The Hall–Kier alpha value is -6.72. The van der Waals surface area contributed by atoms with Gasteiger partial charge in [-0.2, -0.15) is 15.8 Å². The van der Waals surface area contributed by atoms with Crippen LogP contribution >= 0.6 is 11.3 Å². The van der Waals surface area contributed by atoms with Gasteiger partial charge in [0.05, 0.1) is 45.1 Å². The standard InChI is InChI=1S/C40H18N4O2S/c41-19-22-1-6-30-32-8-4-25(17-37(32)45-35(30)11-22)27-14-28(16-29(15-27)40-44-34-10-3-24(21-43)13-39(34)47-40)26-5-9-33-31-7-2-23(20-42)12-36(31)46-38(33)18-26/h1-18H. The molecule has 0 radical (unpaired) electrons. The highest BCUT2D eigenvalue weighted by atomic mass is 32.1. The molecule has 0 N–H and O–H groups in total. The summed E-state index contributed by atoms with van der Waals surface area (Å²) in [4.78, 5) is 4.94. The van der Waals surface area contributed by atoms with Crippen LogP contribution in [0.1, 0.15) is 16.7 Å². The van der Waals surface area contributed by atoms with Crippen LogP contribution < -0.4 is 0 Å². The number of rotatable bonds is 3. The Morgan fingerprint density at radius 2 is 0.894 bits per heavy atom. The lowest BCUT2D eigenvalue weighted by atomic mass is 9.95. The highest BCUT2D eigenvalue weighted by Gasteiger charge is 2.16. The van der Waals surface area contributed by atoms with Crippen molar-refractivity contribution in [3.8, 4) is 51.0 Å². The van der Waals surface area contributed by atoms with Gasteiger partial charge in [0.2, 0.25) is 0 Å². The molecule has 9 rings (SSSR count). The molecule has 3 heterocycles. The fourth-order valence-corrected chi connectivity index (χ4v) is 7.25. The van der Waals surface area contributed by atoms with Crippen LogP contribution in [0.25, 0.3) is 86.9 Å². The van der Waals surface area contributed by atoms with Crippen LogP contribution in [0.5, 0.6) is 0 Å². The fraction of sp³-hybridized carbons (Fsp3) is 0. The molecule has 216 valence electrons. The van der Waals surface area contributed by atoms with Crippen molar-refractivity contribution >= 4 is 65.4 Å². The second-order valence-corrected chi connectivity index (χ2v) is 12.4. The number of furan rings is 2. The maximum absolute atomic E-state index is 9.43. The first-order chi connectivity index (χ1) is 23.1. The molecule has 0 aliphatic heterocycles. The lowest BCUT2D eigenvalue weighted by molar-refractivity contribution is 0.668. The molecule has 0 bridgehead atoms. The molecule has 0 aliphatic rings. The van der Waals surface area contributed by atoms with Crippen molar-refractivity contribution in [3.05, 3.63) is 126 Å². The maximum atomic E-state index is 9.43. The van der Waals surface area contributed by atoms with E-state index >= 15 is 0 Å². The van der Waals surface area contributed by atoms with E-state index in [1.807, 2.05) is 36.4 Å². The largest absolute Gasteiger partial charge is 0.456 e. The van der Waals surface area contributed by atoms with E-state index in [1.165, 1.54) is 0 Å². The van der Waals surface area contributed by atoms with E-state index in [2.05, 4.69) is 60.7 Å². The SMILES string of the molecule is N#Cc1ccc2c(c1)oc1cc(-c3cc(-c4ccc5c(c4)oc4cc(C#N)ccc45)cc(-c4nc5ccc(C#N)cc5s4)c3)ccc12. The Morgan fingerprint density at radius 3 is 1.43 bits per heavy atom. The highest BCUT2D eigenvalue weighted by Crippen LogP contribution is 2.40. The summed E-state index contributed by atoms with van der Waals surface area (Å²) in [6.45, 7) is 0. The molecule has 0 saturated heterocycles. The first-order valence-corrected chi connectivity index (χ1v) is 15.6. The van der Waals surface area contributed by atoms with Crippen LogP contribution in [-0.2, 0) is 0 Å². The van der Waals surface area contributed by atoms with Crippen molar-refractivity contribution in [2.75, 3.05) is 0 Å². The van der Waals surface area contributed by atoms with Crippen molar-refractivity contribution in [3.63, 3.8) is 0 Å². The molecule has 0 amide bonds. The summed E-state index contributed by atoms with van der Waals surface area (Å²) < 4.78 is 13.4. The molecule has 7 heteroatoms. The smallest absolute Gasteiger partial charge is 0.136 e. The molecule has 0 unspecified atom stereocenters. The zero-order valence-corrected chi connectivity index (χ0v) is 25.2. The normalized spacial score (nSPS) is 11.3. The number of hydrogen-bond donors (Lipinski definition) is 0. The predicted octanol–water partition coefficient (Wildman–Crippen LogP) is 10.7. The lowest BCUT2D eigenvalue weighted by Crippen LogP contribution is -1.86. The summed E-state index contributed by atoms with van der Waals surface area (Å²) in [5, 5.41) is 32.9. The first kappa shape index (κ1) is 26.7. The average molecular weight is 619 g/mol. The number of thiazole rings is 1. The summed E-state index contributed by atoms with van der Waals surface area (Å²) >= 11 is 1.55. The summed E-state index contributed by atoms with van der Waals surface area (Å²) in [7, 11) is 0. The third kappa shape index (κ3) is 4.33. The fourth-order valence-electron chi connectivity index (χ4n) is 6.25. The average Bonchev–Trinajstić information content (AvgIpc) is 3.82. The minimum atomic E-state index is 0.554. The van der Waals surface area contributed by atoms with Gasteiger partial charge in [-0.05, 0) is 119 Å². The zero-order valence-electron chi connectivity index (χ0n) is 24.4. The number of fused-ring (bicyclic) bond motifs is 7. The first-order valence-electron chi connectivity index (χ1n) is 14.8. The van der Waals surface area contributed by atoms with Gasteiger partial charge in [0, 0.05) is 27.1 Å². The highest BCUT2D eigenvalue weighted by molar-refractivity contribution is 7.21. The van der Waals surface area contributed by atoms with Gasteiger partial charge in [0.1, 0.15) is 27.3 Å². The van der Waals surface area contributed by atoms with Gasteiger partial charge in [0.15, 0.2) is 0 Å². The van der Waals surface area contributed by atoms with Crippen molar-refractivity contribution in [2.45, 2.75) is 0 Å². The predicted molar refractivity (Wildman–Crippen MR) is 185 cm³/mol. The third-order valence-corrected chi connectivity index (χ3v) is 9.64. The van der Waals surface area contributed by atoms with Crippen molar-refractivity contribution in [2.24, 2.45) is 0 Å². The minimum absolute atomic E-state index is 0.554.